The number of hydrogen-bond acceptors (Lipinski definition) is 1. The fourth-order valence-electron chi connectivity index (χ4n) is 10.3. The van der Waals surface area contributed by atoms with Gasteiger partial charge in [0.2, 0.25) is 0 Å². The van der Waals surface area contributed by atoms with Crippen LogP contribution in [0.15, 0.2) is 237 Å². The summed E-state index contributed by atoms with van der Waals surface area (Å²) < 4.78 is 0. The highest BCUT2D eigenvalue weighted by atomic mass is 15.1. The van der Waals surface area contributed by atoms with Crippen LogP contribution in [0.1, 0.15) is 34.7 Å². The average Bonchev–Trinajstić information content (AvgIpc) is 3.81. The standard InChI is InChI=1S/C60H43N/c1-3-58(61(46-37-33-44(34-38-46)42-19-6-4-7-20-42)47-39-35-45(36-40-47)43-21-8-5-9-22-43)52-26-11-10-23-48(52)41(2)49-28-18-32-57-59(49)53-27-14-17-31-56(53)60(57)54-29-15-12-24-50(54)51-25-13-16-30-55(51)60/h3-40H,1H2,2H3/b48-41+,58-52+. The van der Waals surface area contributed by atoms with Crippen LogP contribution in [-0.2, 0) is 5.41 Å². The van der Waals surface area contributed by atoms with Crippen molar-refractivity contribution in [3.05, 3.63) is 275 Å². The SMILES string of the molecule is C=C/C(=c1/cccc/c1=C(/C)c1cccc2c1-c1ccccc1C21c2ccccc2-c2ccccc21)N(c1ccc(-c2ccccc2)cc1)c1ccc(-c2ccccc2)cc1. The monoisotopic (exact) mass is 777 g/mol. The lowest BCUT2D eigenvalue weighted by Gasteiger charge is -2.30. The van der Waals surface area contributed by atoms with Crippen LogP contribution in [0, 0.1) is 0 Å². The van der Waals surface area contributed by atoms with Crippen molar-refractivity contribution in [1.82, 2.24) is 0 Å². The van der Waals surface area contributed by atoms with Gasteiger partial charge in [0.15, 0.2) is 0 Å². The molecule has 0 bridgehead atoms. The maximum absolute atomic E-state index is 4.50. The number of anilines is 2. The topological polar surface area (TPSA) is 3.24 Å². The summed E-state index contributed by atoms with van der Waals surface area (Å²) >= 11 is 0. The first kappa shape index (κ1) is 36.3. The predicted molar refractivity (Wildman–Crippen MR) is 256 cm³/mol. The summed E-state index contributed by atoms with van der Waals surface area (Å²) in [4.78, 5) is 2.36. The summed E-state index contributed by atoms with van der Waals surface area (Å²) in [5.41, 5.74) is 20.6. The largest absolute Gasteiger partial charge is 0.310 e. The van der Waals surface area contributed by atoms with Crippen LogP contribution >= 0.6 is 0 Å². The lowest BCUT2D eigenvalue weighted by atomic mass is 9.70. The summed E-state index contributed by atoms with van der Waals surface area (Å²) in [6.07, 6.45) is 2.02. The van der Waals surface area contributed by atoms with Crippen molar-refractivity contribution < 1.29 is 0 Å². The molecule has 1 heteroatoms. The summed E-state index contributed by atoms with van der Waals surface area (Å²) in [6, 6.07) is 81.9. The molecule has 0 amide bonds. The van der Waals surface area contributed by atoms with E-state index in [0.717, 1.165) is 22.3 Å². The maximum Gasteiger partial charge on any atom is 0.0725 e. The Morgan fingerprint density at radius 2 is 0.803 bits per heavy atom. The molecule has 0 heterocycles. The summed E-state index contributed by atoms with van der Waals surface area (Å²) in [5.74, 6) is 0. The van der Waals surface area contributed by atoms with E-state index in [9.17, 15) is 0 Å². The first-order valence-corrected chi connectivity index (χ1v) is 21.1. The Kier molecular flexibility index (Phi) is 8.83. The van der Waals surface area contributed by atoms with Gasteiger partial charge in [0.05, 0.1) is 11.1 Å². The molecular weight excluding hydrogens is 735 g/mol. The zero-order valence-electron chi connectivity index (χ0n) is 34.1. The minimum atomic E-state index is -0.401. The number of nitrogens with zero attached hydrogens (tertiary/aromatic N) is 1. The molecule has 1 nitrogen and oxygen atoms in total. The van der Waals surface area contributed by atoms with Crippen LogP contribution < -0.4 is 15.3 Å². The molecule has 0 aliphatic heterocycles. The Balaban J connectivity index is 1.15. The van der Waals surface area contributed by atoms with E-state index in [1.165, 1.54) is 83.1 Å². The van der Waals surface area contributed by atoms with Crippen LogP contribution in [-0.4, -0.2) is 0 Å². The van der Waals surface area contributed by atoms with E-state index in [-0.39, 0.29) is 0 Å². The molecule has 0 saturated heterocycles. The van der Waals surface area contributed by atoms with E-state index in [1.54, 1.807) is 0 Å². The van der Waals surface area contributed by atoms with Gasteiger partial charge >= 0.3 is 0 Å². The van der Waals surface area contributed by atoms with Gasteiger partial charge in [-0.3, -0.25) is 0 Å². The van der Waals surface area contributed by atoms with Crippen LogP contribution in [0.25, 0.3) is 55.8 Å². The van der Waals surface area contributed by atoms with Gasteiger partial charge in [0.25, 0.3) is 0 Å². The van der Waals surface area contributed by atoms with E-state index in [0.29, 0.717) is 0 Å². The first-order chi connectivity index (χ1) is 30.2. The zero-order valence-corrected chi connectivity index (χ0v) is 34.1. The third-order valence-electron chi connectivity index (χ3n) is 12.9. The summed E-state index contributed by atoms with van der Waals surface area (Å²) in [5, 5.41) is 2.28. The maximum atomic E-state index is 4.50. The molecule has 11 rings (SSSR count). The Morgan fingerprint density at radius 1 is 0.393 bits per heavy atom. The second-order valence-corrected chi connectivity index (χ2v) is 16.0. The second kappa shape index (κ2) is 14.8. The number of benzene rings is 9. The Hall–Kier alpha value is -7.74. The molecule has 61 heavy (non-hydrogen) atoms. The minimum Gasteiger partial charge on any atom is -0.310 e. The smallest absolute Gasteiger partial charge is 0.0725 e. The van der Waals surface area contributed by atoms with Crippen molar-refractivity contribution in [2.75, 3.05) is 4.90 Å². The third-order valence-corrected chi connectivity index (χ3v) is 12.9. The van der Waals surface area contributed by atoms with Crippen molar-refractivity contribution in [2.24, 2.45) is 0 Å². The molecule has 0 radical (unpaired) electrons. The van der Waals surface area contributed by atoms with Gasteiger partial charge in [-0.2, -0.15) is 0 Å². The molecule has 0 atom stereocenters. The van der Waals surface area contributed by atoms with Crippen molar-refractivity contribution >= 4 is 22.6 Å². The van der Waals surface area contributed by atoms with E-state index in [4.69, 9.17) is 0 Å². The molecule has 9 aromatic carbocycles. The van der Waals surface area contributed by atoms with Crippen LogP contribution in [0.4, 0.5) is 11.4 Å². The minimum absolute atomic E-state index is 0.401. The van der Waals surface area contributed by atoms with E-state index in [1.807, 2.05) is 6.08 Å². The Bertz CT molecular complexity index is 3120. The molecule has 0 N–H and O–H groups in total. The van der Waals surface area contributed by atoms with E-state index < -0.39 is 5.41 Å². The molecule has 0 saturated carbocycles. The average molecular weight is 778 g/mol. The van der Waals surface area contributed by atoms with Crippen molar-refractivity contribution in [1.29, 1.82) is 0 Å². The first-order valence-electron chi connectivity index (χ1n) is 21.1. The van der Waals surface area contributed by atoms with Gasteiger partial charge in [0, 0.05) is 16.6 Å². The fraction of sp³-hybridized carbons (Fsp3) is 0.0333. The second-order valence-electron chi connectivity index (χ2n) is 16.0. The van der Waals surface area contributed by atoms with Gasteiger partial charge in [-0.1, -0.05) is 207 Å². The number of rotatable bonds is 7. The Labute approximate surface area is 358 Å². The molecule has 9 aromatic rings. The van der Waals surface area contributed by atoms with E-state index >= 15 is 0 Å². The normalized spacial score (nSPS) is 13.7. The van der Waals surface area contributed by atoms with Crippen LogP contribution in [0.2, 0.25) is 0 Å². The predicted octanol–water partition coefficient (Wildman–Crippen LogP) is 13.7. The quantitative estimate of drug-likeness (QED) is 0.156. The Morgan fingerprint density at radius 3 is 1.33 bits per heavy atom. The number of hydrogen-bond donors (Lipinski definition) is 0. The lowest BCUT2D eigenvalue weighted by Crippen LogP contribution is -2.33. The summed E-state index contributed by atoms with van der Waals surface area (Å²) in [6.45, 7) is 6.80. The number of fused-ring (bicyclic) bond motifs is 10. The third kappa shape index (κ3) is 5.69. The molecule has 0 unspecified atom stereocenters. The molecule has 288 valence electrons. The van der Waals surface area contributed by atoms with Crippen molar-refractivity contribution in [3.63, 3.8) is 0 Å². The molecule has 2 aliphatic rings. The fourth-order valence-corrected chi connectivity index (χ4v) is 10.3. The van der Waals surface area contributed by atoms with Gasteiger partial charge < -0.3 is 4.90 Å². The summed E-state index contributed by atoms with van der Waals surface area (Å²) in [7, 11) is 0. The van der Waals surface area contributed by atoms with Gasteiger partial charge in [0.1, 0.15) is 0 Å². The molecule has 0 fully saturated rings. The van der Waals surface area contributed by atoms with Crippen LogP contribution in [0.5, 0.6) is 0 Å². The van der Waals surface area contributed by atoms with Crippen molar-refractivity contribution in [2.45, 2.75) is 12.3 Å². The highest BCUT2D eigenvalue weighted by Crippen LogP contribution is 2.63. The van der Waals surface area contributed by atoms with Crippen LogP contribution in [0.3, 0.4) is 0 Å². The highest BCUT2D eigenvalue weighted by Gasteiger charge is 2.51. The molecule has 0 aromatic heterocycles. The lowest BCUT2D eigenvalue weighted by molar-refractivity contribution is 0.793. The van der Waals surface area contributed by atoms with Gasteiger partial charge in [-0.05, 0) is 120 Å². The molecule has 1 spiro atoms. The van der Waals surface area contributed by atoms with Gasteiger partial charge in [-0.25, -0.2) is 0 Å². The molecular formula is C60H43N. The molecule has 2 aliphatic carbocycles. The highest BCUT2D eigenvalue weighted by molar-refractivity contribution is 5.98. The van der Waals surface area contributed by atoms with Crippen molar-refractivity contribution in [3.8, 4) is 44.5 Å². The van der Waals surface area contributed by atoms with Gasteiger partial charge in [-0.15, -0.1) is 0 Å². The zero-order chi connectivity index (χ0) is 40.9. The van der Waals surface area contributed by atoms with E-state index in [2.05, 4.69) is 243 Å².